The van der Waals surface area contributed by atoms with E-state index in [4.69, 9.17) is 4.52 Å². The van der Waals surface area contributed by atoms with Gasteiger partial charge >= 0.3 is 0 Å². The SMILES string of the molecule is CCc1noc(CC)c1CNC(=NC)NCc1ccc(C(=O)NC)cc1. The fraction of sp³-hybridized carbons (Fsp3) is 0.421. The molecule has 0 bridgehead atoms. The smallest absolute Gasteiger partial charge is 0.251 e. The first-order valence-electron chi connectivity index (χ1n) is 8.84. The molecular formula is C19H27N5O2. The molecule has 0 atom stereocenters. The quantitative estimate of drug-likeness (QED) is 0.521. The third-order valence-corrected chi connectivity index (χ3v) is 4.17. The highest BCUT2D eigenvalue weighted by Crippen LogP contribution is 2.15. The second kappa shape index (κ2) is 9.60. The van der Waals surface area contributed by atoms with Crippen molar-refractivity contribution in [3.63, 3.8) is 0 Å². The number of nitrogens with zero attached hydrogens (tertiary/aromatic N) is 2. The fourth-order valence-electron chi connectivity index (χ4n) is 2.63. The van der Waals surface area contributed by atoms with Crippen molar-refractivity contribution >= 4 is 11.9 Å². The van der Waals surface area contributed by atoms with E-state index in [1.54, 1.807) is 14.1 Å². The Hall–Kier alpha value is -2.83. The lowest BCUT2D eigenvalue weighted by molar-refractivity contribution is 0.0963. The molecule has 0 saturated carbocycles. The van der Waals surface area contributed by atoms with Crippen molar-refractivity contribution in [3.05, 3.63) is 52.4 Å². The van der Waals surface area contributed by atoms with E-state index in [0.717, 1.165) is 35.4 Å². The van der Waals surface area contributed by atoms with E-state index in [9.17, 15) is 4.79 Å². The lowest BCUT2D eigenvalue weighted by atomic mass is 10.1. The summed E-state index contributed by atoms with van der Waals surface area (Å²) in [5.41, 5.74) is 3.79. The maximum Gasteiger partial charge on any atom is 0.251 e. The summed E-state index contributed by atoms with van der Waals surface area (Å²) in [7, 11) is 3.36. The molecule has 0 aliphatic carbocycles. The van der Waals surface area contributed by atoms with Gasteiger partial charge in [0.15, 0.2) is 5.96 Å². The number of carbonyl (C=O) groups excluding carboxylic acids is 1. The van der Waals surface area contributed by atoms with E-state index >= 15 is 0 Å². The van der Waals surface area contributed by atoms with Gasteiger partial charge in [-0.05, 0) is 24.1 Å². The molecule has 3 N–H and O–H groups in total. The zero-order chi connectivity index (χ0) is 18.9. The van der Waals surface area contributed by atoms with Crippen molar-refractivity contribution in [1.82, 2.24) is 21.1 Å². The molecule has 0 spiro atoms. The van der Waals surface area contributed by atoms with Gasteiger partial charge in [-0.15, -0.1) is 0 Å². The molecule has 0 radical (unpaired) electrons. The van der Waals surface area contributed by atoms with Crippen LogP contribution in [-0.2, 0) is 25.9 Å². The number of benzene rings is 1. The second-order valence-electron chi connectivity index (χ2n) is 5.79. The van der Waals surface area contributed by atoms with E-state index < -0.39 is 0 Å². The van der Waals surface area contributed by atoms with E-state index in [1.807, 2.05) is 24.3 Å². The predicted molar refractivity (Wildman–Crippen MR) is 102 cm³/mol. The average molecular weight is 357 g/mol. The first-order valence-corrected chi connectivity index (χ1v) is 8.84. The Morgan fingerprint density at radius 3 is 2.38 bits per heavy atom. The Kier molecular flexibility index (Phi) is 7.20. The second-order valence-corrected chi connectivity index (χ2v) is 5.79. The van der Waals surface area contributed by atoms with Gasteiger partial charge in [-0.1, -0.05) is 31.1 Å². The molecule has 0 aliphatic rings. The van der Waals surface area contributed by atoms with Crippen LogP contribution >= 0.6 is 0 Å². The molecular weight excluding hydrogens is 330 g/mol. The monoisotopic (exact) mass is 357 g/mol. The van der Waals surface area contributed by atoms with Gasteiger partial charge in [-0.3, -0.25) is 9.79 Å². The normalized spacial score (nSPS) is 11.3. The summed E-state index contributed by atoms with van der Waals surface area (Å²) >= 11 is 0. The highest BCUT2D eigenvalue weighted by atomic mass is 16.5. The van der Waals surface area contributed by atoms with Crippen LogP contribution in [0, 0.1) is 0 Å². The molecule has 1 heterocycles. The van der Waals surface area contributed by atoms with Crippen LogP contribution in [0.25, 0.3) is 0 Å². The van der Waals surface area contributed by atoms with Crippen molar-refractivity contribution in [3.8, 4) is 0 Å². The van der Waals surface area contributed by atoms with E-state index in [2.05, 4.69) is 39.9 Å². The van der Waals surface area contributed by atoms with Gasteiger partial charge in [0.05, 0.1) is 5.69 Å². The van der Waals surface area contributed by atoms with Crippen molar-refractivity contribution in [2.75, 3.05) is 14.1 Å². The third kappa shape index (κ3) is 4.84. The minimum absolute atomic E-state index is 0.0887. The molecule has 2 rings (SSSR count). The molecule has 7 heteroatoms. The predicted octanol–water partition coefficient (Wildman–Crippen LogP) is 2.02. The van der Waals surface area contributed by atoms with Crippen LogP contribution in [0.1, 0.15) is 46.8 Å². The topological polar surface area (TPSA) is 91.6 Å². The van der Waals surface area contributed by atoms with Crippen LogP contribution in [0.15, 0.2) is 33.8 Å². The van der Waals surface area contributed by atoms with Crippen LogP contribution in [0.4, 0.5) is 0 Å². The molecule has 0 fully saturated rings. The van der Waals surface area contributed by atoms with E-state index in [0.29, 0.717) is 24.6 Å². The van der Waals surface area contributed by atoms with Gasteiger partial charge in [0, 0.05) is 44.7 Å². The Morgan fingerprint density at radius 1 is 1.12 bits per heavy atom. The number of aromatic nitrogens is 1. The summed E-state index contributed by atoms with van der Waals surface area (Å²) < 4.78 is 5.39. The van der Waals surface area contributed by atoms with Gasteiger partial charge in [0.2, 0.25) is 0 Å². The van der Waals surface area contributed by atoms with Crippen LogP contribution in [-0.4, -0.2) is 31.1 Å². The van der Waals surface area contributed by atoms with E-state index in [-0.39, 0.29) is 5.91 Å². The number of carbonyl (C=O) groups is 1. The standard InChI is InChI=1S/C19H27N5O2/c1-5-16-15(17(6-2)26-24-16)12-23-19(21-4)22-11-13-7-9-14(10-8-13)18(25)20-3/h7-10H,5-6,11-12H2,1-4H3,(H,20,25)(H2,21,22,23). The zero-order valence-electron chi connectivity index (χ0n) is 15.8. The minimum atomic E-state index is -0.0887. The molecule has 1 aromatic heterocycles. The number of amides is 1. The maximum absolute atomic E-state index is 11.6. The van der Waals surface area contributed by atoms with Crippen molar-refractivity contribution in [2.45, 2.75) is 39.8 Å². The molecule has 7 nitrogen and oxygen atoms in total. The number of nitrogens with one attached hydrogen (secondary N) is 3. The number of rotatable bonds is 7. The summed E-state index contributed by atoms with van der Waals surface area (Å²) in [6.07, 6.45) is 1.65. The molecule has 1 aromatic carbocycles. The summed E-state index contributed by atoms with van der Waals surface area (Å²) in [5, 5.41) is 13.3. The van der Waals surface area contributed by atoms with Crippen LogP contribution in [0.3, 0.4) is 0 Å². The van der Waals surface area contributed by atoms with Gasteiger partial charge in [0.25, 0.3) is 5.91 Å². The summed E-state index contributed by atoms with van der Waals surface area (Å²) in [4.78, 5) is 15.8. The molecule has 0 unspecified atom stereocenters. The Bertz CT molecular complexity index is 728. The molecule has 0 saturated heterocycles. The van der Waals surface area contributed by atoms with Gasteiger partial charge < -0.3 is 20.5 Å². The molecule has 26 heavy (non-hydrogen) atoms. The Labute approximate surface area is 154 Å². The maximum atomic E-state index is 11.6. The zero-order valence-corrected chi connectivity index (χ0v) is 15.8. The van der Waals surface area contributed by atoms with Gasteiger partial charge in [-0.25, -0.2) is 0 Å². The average Bonchev–Trinajstić information content (AvgIpc) is 3.09. The van der Waals surface area contributed by atoms with Gasteiger partial charge in [-0.2, -0.15) is 0 Å². The largest absolute Gasteiger partial charge is 0.361 e. The lowest BCUT2D eigenvalue weighted by Crippen LogP contribution is -2.36. The highest BCUT2D eigenvalue weighted by Gasteiger charge is 2.13. The first-order chi connectivity index (χ1) is 12.6. The first kappa shape index (κ1) is 19.5. The minimum Gasteiger partial charge on any atom is -0.361 e. The van der Waals surface area contributed by atoms with Gasteiger partial charge in [0.1, 0.15) is 5.76 Å². The summed E-state index contributed by atoms with van der Waals surface area (Å²) in [5.74, 6) is 1.52. The number of aryl methyl sites for hydroxylation is 2. The summed E-state index contributed by atoms with van der Waals surface area (Å²) in [6, 6.07) is 7.47. The number of hydrogen-bond acceptors (Lipinski definition) is 4. The molecule has 140 valence electrons. The fourth-order valence-corrected chi connectivity index (χ4v) is 2.63. The Morgan fingerprint density at radius 2 is 1.81 bits per heavy atom. The number of hydrogen-bond donors (Lipinski definition) is 3. The van der Waals surface area contributed by atoms with Crippen LogP contribution in [0.5, 0.6) is 0 Å². The van der Waals surface area contributed by atoms with Crippen LogP contribution < -0.4 is 16.0 Å². The van der Waals surface area contributed by atoms with Crippen molar-refractivity contribution < 1.29 is 9.32 Å². The highest BCUT2D eigenvalue weighted by molar-refractivity contribution is 5.93. The molecule has 1 amide bonds. The van der Waals surface area contributed by atoms with Crippen molar-refractivity contribution in [2.24, 2.45) is 4.99 Å². The Balaban J connectivity index is 1.92. The number of guanidine groups is 1. The van der Waals surface area contributed by atoms with E-state index in [1.165, 1.54) is 0 Å². The molecule has 0 aliphatic heterocycles. The van der Waals surface area contributed by atoms with Crippen LogP contribution in [0.2, 0.25) is 0 Å². The lowest BCUT2D eigenvalue weighted by Gasteiger charge is -2.12. The third-order valence-electron chi connectivity index (χ3n) is 4.17. The molecule has 2 aromatic rings. The number of aliphatic imine (C=N–C) groups is 1. The van der Waals surface area contributed by atoms with Crippen molar-refractivity contribution in [1.29, 1.82) is 0 Å². The summed E-state index contributed by atoms with van der Waals surface area (Å²) in [6.45, 7) is 5.35.